The Balaban J connectivity index is 0.00000300. The molecular weight excluding hydrogens is 413 g/mol. The van der Waals surface area contributed by atoms with Gasteiger partial charge in [0.15, 0.2) is 5.78 Å². The van der Waals surface area contributed by atoms with E-state index in [1.807, 2.05) is 65.6 Å². The van der Waals surface area contributed by atoms with Crippen LogP contribution in [0.5, 0.6) is 11.5 Å². The quantitative estimate of drug-likeness (QED) is 0.309. The summed E-state index contributed by atoms with van der Waals surface area (Å²) in [6, 6.07) is 15.1. The third kappa shape index (κ3) is 5.68. The first-order valence-electron chi connectivity index (χ1n) is 8.71. The molecule has 1 saturated heterocycles. The van der Waals surface area contributed by atoms with Crippen molar-refractivity contribution in [2.24, 2.45) is 0 Å². The van der Waals surface area contributed by atoms with Gasteiger partial charge >= 0.3 is 29.6 Å². The van der Waals surface area contributed by atoms with E-state index in [2.05, 4.69) is 0 Å². The van der Waals surface area contributed by atoms with E-state index in [0.717, 1.165) is 11.1 Å². The molecule has 1 heterocycles. The zero-order valence-electron chi connectivity index (χ0n) is 16.7. The minimum Gasteiger partial charge on any atom is -0.496 e. The molecule has 0 unspecified atom stereocenters. The van der Waals surface area contributed by atoms with Gasteiger partial charge in [0.2, 0.25) is 0 Å². The number of rotatable bonds is 4. The molecule has 1 aliphatic heterocycles. The maximum absolute atomic E-state index is 13.2. The van der Waals surface area contributed by atoms with Crippen LogP contribution in [0.3, 0.4) is 0 Å². The minimum atomic E-state index is -0.0284. The molecule has 0 radical (unpaired) electrons. The van der Waals surface area contributed by atoms with Crippen molar-refractivity contribution in [2.75, 3.05) is 27.3 Å². The molecule has 0 spiro atoms. The minimum absolute atomic E-state index is 0. The maximum Gasteiger partial charge on any atom is 1.00 e. The number of ketones is 1. The van der Waals surface area contributed by atoms with Gasteiger partial charge in [-0.25, -0.2) is 0 Å². The smallest absolute Gasteiger partial charge is 0.496 e. The van der Waals surface area contributed by atoms with Crippen LogP contribution in [-0.4, -0.2) is 42.3 Å². The first-order chi connectivity index (χ1) is 13.5. The van der Waals surface area contributed by atoms with E-state index < -0.39 is 0 Å². The van der Waals surface area contributed by atoms with Gasteiger partial charge in [-0.15, -0.1) is 0 Å². The van der Waals surface area contributed by atoms with Crippen molar-refractivity contribution in [3.63, 3.8) is 0 Å². The van der Waals surface area contributed by atoms with E-state index in [1.54, 1.807) is 14.2 Å². The predicted octanol–water partition coefficient (Wildman–Crippen LogP) is 0.891. The third-order valence-electron chi connectivity index (χ3n) is 4.50. The number of nitrogens with zero attached hydrogens (tertiary/aromatic N) is 1. The molecule has 0 aromatic heterocycles. The Labute approximate surface area is 204 Å². The summed E-state index contributed by atoms with van der Waals surface area (Å²) in [5.41, 5.74) is 2.90. The Morgan fingerprint density at radius 1 is 0.931 bits per heavy atom. The van der Waals surface area contributed by atoms with Crippen molar-refractivity contribution >= 4 is 47.1 Å². The molecule has 144 valence electrons. The molecule has 0 N–H and O–H groups in total. The molecule has 0 amide bonds. The van der Waals surface area contributed by atoms with E-state index in [9.17, 15) is 4.79 Å². The van der Waals surface area contributed by atoms with Crippen molar-refractivity contribution < 1.29 is 43.8 Å². The second-order valence-corrected chi connectivity index (χ2v) is 7.31. The van der Waals surface area contributed by atoms with Crippen molar-refractivity contribution in [3.05, 3.63) is 70.8 Å². The van der Waals surface area contributed by atoms with Gasteiger partial charge in [0, 0.05) is 35.4 Å². The van der Waals surface area contributed by atoms with Gasteiger partial charge in [-0.2, -0.15) is 0 Å². The largest absolute Gasteiger partial charge is 1.00 e. The number of para-hydroxylation sites is 2. The average molecular weight is 434 g/mol. The second-order valence-electron chi connectivity index (χ2n) is 6.27. The summed E-state index contributed by atoms with van der Waals surface area (Å²) < 4.78 is 11.1. The summed E-state index contributed by atoms with van der Waals surface area (Å²) >= 11 is 10.4. The Morgan fingerprint density at radius 3 is 1.72 bits per heavy atom. The van der Waals surface area contributed by atoms with Gasteiger partial charge < -0.3 is 39.2 Å². The van der Waals surface area contributed by atoms with Crippen LogP contribution in [0.2, 0.25) is 0 Å². The van der Waals surface area contributed by atoms with E-state index >= 15 is 0 Å². The van der Waals surface area contributed by atoms with Crippen LogP contribution in [0.15, 0.2) is 59.7 Å². The second kappa shape index (κ2) is 10.9. The van der Waals surface area contributed by atoms with Crippen LogP contribution in [0.25, 0.3) is 12.2 Å². The molecule has 3 rings (SSSR count). The molecule has 0 saturated carbocycles. The van der Waals surface area contributed by atoms with Crippen LogP contribution in [-0.2, 0) is 17.4 Å². The molecule has 7 heteroatoms. The number of Topliss-reactive ketones (excluding diaryl/α,β-unsaturated/α-hetero) is 1. The molecule has 4 nitrogen and oxygen atoms in total. The number of ether oxygens (including phenoxy) is 2. The van der Waals surface area contributed by atoms with Crippen molar-refractivity contribution in [1.29, 1.82) is 0 Å². The van der Waals surface area contributed by atoms with E-state index in [-0.39, 0.29) is 35.3 Å². The predicted molar refractivity (Wildman–Crippen MR) is 118 cm³/mol. The summed E-state index contributed by atoms with van der Waals surface area (Å²) in [6.45, 7) is 0.755. The first-order valence-corrected chi connectivity index (χ1v) is 9.53. The van der Waals surface area contributed by atoms with Gasteiger partial charge in [-0.1, -0.05) is 40.7 Å². The zero-order valence-corrected chi connectivity index (χ0v) is 20.3. The van der Waals surface area contributed by atoms with Crippen LogP contribution in [0.1, 0.15) is 11.1 Å². The van der Waals surface area contributed by atoms with Crippen LogP contribution < -0.4 is 39.0 Å². The number of piperidine rings is 1. The van der Waals surface area contributed by atoms with Crippen LogP contribution in [0, 0.1) is 0 Å². The summed E-state index contributed by atoms with van der Waals surface area (Å²) in [7, 11) is 3.22. The monoisotopic (exact) mass is 433 g/mol. The number of carbonyl (C=O) groups is 1. The van der Waals surface area contributed by atoms with Crippen molar-refractivity contribution in [2.45, 2.75) is 0 Å². The van der Waals surface area contributed by atoms with Gasteiger partial charge in [0.05, 0.1) is 14.2 Å². The molecule has 29 heavy (non-hydrogen) atoms. The van der Waals surface area contributed by atoms with Crippen LogP contribution >= 0.6 is 12.2 Å². The fourth-order valence-electron chi connectivity index (χ4n) is 3.12. The fraction of sp³-hybridized carbons (Fsp3) is 0.182. The standard InChI is InChI=1S/C22H21NO3S2.Na/c1-25-19-9-5-3-7-15(19)11-17-13-23(22(27)28)14-18(21(17)24)12-16-8-4-6-10-20(16)26-2;/h3-12H,13-14H2,1-2H3,(H,27,28);/q;+1/p-1/b17-11+,18-12+;. The van der Waals surface area contributed by atoms with Crippen molar-refractivity contribution in [3.8, 4) is 11.5 Å². The molecular formula is C22H20NNaO3S2. The zero-order chi connectivity index (χ0) is 20.1. The normalized spacial score (nSPS) is 16.5. The Hall–Kier alpha value is -1.70. The van der Waals surface area contributed by atoms with Gasteiger partial charge in [-0.05, 0) is 24.3 Å². The number of carbonyl (C=O) groups excluding carboxylic acids is 1. The SMILES string of the molecule is COc1ccccc1/C=C1\CN(C(=S)[S-])C/C(=C\c2ccccc2OC)C1=O.[Na+]. The summed E-state index contributed by atoms with van der Waals surface area (Å²) in [5.74, 6) is 1.38. The molecule has 1 aliphatic rings. The maximum atomic E-state index is 13.2. The van der Waals surface area contributed by atoms with Gasteiger partial charge in [0.1, 0.15) is 11.5 Å². The summed E-state index contributed by atoms with van der Waals surface area (Å²) in [4.78, 5) is 15.0. The molecule has 0 aliphatic carbocycles. The van der Waals surface area contributed by atoms with Gasteiger partial charge in [0.25, 0.3) is 0 Å². The Morgan fingerprint density at radius 2 is 1.34 bits per heavy atom. The van der Waals surface area contributed by atoms with E-state index in [0.29, 0.717) is 40.1 Å². The topological polar surface area (TPSA) is 38.8 Å². The average Bonchev–Trinajstić information content (AvgIpc) is 2.71. The first kappa shape index (κ1) is 23.6. The Kier molecular flexibility index (Phi) is 8.86. The number of hydrogen-bond acceptors (Lipinski definition) is 5. The number of hydrogen-bond donors (Lipinski definition) is 0. The number of methoxy groups -OCH3 is 2. The molecule has 0 atom stereocenters. The van der Waals surface area contributed by atoms with Crippen LogP contribution in [0.4, 0.5) is 0 Å². The van der Waals surface area contributed by atoms with E-state index in [4.69, 9.17) is 34.3 Å². The van der Waals surface area contributed by atoms with Crippen molar-refractivity contribution in [1.82, 2.24) is 4.90 Å². The van der Waals surface area contributed by atoms with E-state index in [1.165, 1.54) is 0 Å². The molecule has 1 fully saturated rings. The fourth-order valence-corrected chi connectivity index (χ4v) is 3.37. The summed E-state index contributed by atoms with van der Waals surface area (Å²) in [6.07, 6.45) is 3.69. The number of likely N-dealkylation sites (tertiary alicyclic amines) is 1. The number of benzene rings is 2. The Bertz CT molecular complexity index is 903. The summed E-state index contributed by atoms with van der Waals surface area (Å²) in [5, 5.41) is 0. The third-order valence-corrected chi connectivity index (χ3v) is 5.02. The number of thiocarbonyl (C=S) groups is 1. The molecule has 2 aromatic rings. The molecule has 2 aromatic carbocycles. The molecule has 0 bridgehead atoms. The van der Waals surface area contributed by atoms with Gasteiger partial charge in [-0.3, -0.25) is 4.79 Å².